The zero-order valence-corrected chi connectivity index (χ0v) is 14.6. The van der Waals surface area contributed by atoms with Gasteiger partial charge in [0.05, 0.1) is 30.2 Å². The zero-order chi connectivity index (χ0) is 19.6. The van der Waals surface area contributed by atoms with Crippen molar-refractivity contribution in [3.05, 3.63) is 51.6 Å². The molecular formula is C18H17N3O6. The highest BCUT2D eigenvalue weighted by molar-refractivity contribution is 6.25. The van der Waals surface area contributed by atoms with Crippen LogP contribution >= 0.6 is 0 Å². The summed E-state index contributed by atoms with van der Waals surface area (Å²) in [7, 11) is 0. The third-order valence-corrected chi connectivity index (χ3v) is 4.20. The molecule has 0 saturated heterocycles. The molecule has 0 aliphatic carbocycles. The number of nitrogens with one attached hydrogen (secondary N) is 1. The molecule has 0 bridgehead atoms. The molecule has 0 spiro atoms. The smallest absolute Gasteiger partial charge is 0.270 e. The number of non-ortho nitro benzene ring substituents is 1. The lowest BCUT2D eigenvalue weighted by atomic mass is 9.93. The lowest BCUT2D eigenvalue weighted by Crippen LogP contribution is -2.42. The van der Waals surface area contributed by atoms with Gasteiger partial charge in [0.1, 0.15) is 0 Å². The molecule has 3 amide bonds. The molecular weight excluding hydrogens is 354 g/mol. The fourth-order valence-corrected chi connectivity index (χ4v) is 3.01. The summed E-state index contributed by atoms with van der Waals surface area (Å²) in [5, 5.41) is 14.6. The van der Waals surface area contributed by atoms with Gasteiger partial charge in [0, 0.05) is 36.6 Å². The molecule has 3 rings (SSSR count). The molecule has 2 aromatic rings. The Morgan fingerprint density at radius 2 is 1.93 bits per heavy atom. The van der Waals surface area contributed by atoms with E-state index < -0.39 is 16.7 Å². The van der Waals surface area contributed by atoms with Gasteiger partial charge < -0.3 is 10.1 Å². The van der Waals surface area contributed by atoms with Gasteiger partial charge in [-0.15, -0.1) is 0 Å². The van der Waals surface area contributed by atoms with Crippen molar-refractivity contribution in [1.29, 1.82) is 0 Å². The van der Waals surface area contributed by atoms with Crippen LogP contribution in [0.25, 0.3) is 10.8 Å². The number of amides is 3. The van der Waals surface area contributed by atoms with E-state index in [-0.39, 0.29) is 36.9 Å². The van der Waals surface area contributed by atoms with E-state index in [2.05, 4.69) is 5.32 Å². The molecule has 1 heterocycles. The molecule has 140 valence electrons. The van der Waals surface area contributed by atoms with Gasteiger partial charge in [0.25, 0.3) is 17.5 Å². The van der Waals surface area contributed by atoms with E-state index in [1.165, 1.54) is 19.1 Å². The average molecular weight is 371 g/mol. The number of rotatable bonds is 7. The van der Waals surface area contributed by atoms with Crippen molar-refractivity contribution in [2.75, 3.05) is 26.3 Å². The molecule has 0 aromatic heterocycles. The van der Waals surface area contributed by atoms with Gasteiger partial charge in [0.2, 0.25) is 5.91 Å². The third kappa shape index (κ3) is 3.63. The molecule has 27 heavy (non-hydrogen) atoms. The summed E-state index contributed by atoms with van der Waals surface area (Å²) in [6, 6.07) is 7.41. The molecule has 9 heteroatoms. The first-order valence-electron chi connectivity index (χ1n) is 8.29. The van der Waals surface area contributed by atoms with E-state index in [0.717, 1.165) is 4.90 Å². The molecule has 0 unspecified atom stereocenters. The van der Waals surface area contributed by atoms with Crippen molar-refractivity contribution < 1.29 is 24.0 Å². The van der Waals surface area contributed by atoms with Crippen LogP contribution in [0.1, 0.15) is 27.6 Å². The Morgan fingerprint density at radius 3 is 2.63 bits per heavy atom. The highest BCUT2D eigenvalue weighted by Gasteiger charge is 2.33. The summed E-state index contributed by atoms with van der Waals surface area (Å²) < 4.78 is 5.34. The van der Waals surface area contributed by atoms with Crippen molar-refractivity contribution in [3.63, 3.8) is 0 Å². The van der Waals surface area contributed by atoms with Crippen LogP contribution in [0.4, 0.5) is 5.69 Å². The lowest BCUT2D eigenvalue weighted by Gasteiger charge is -2.27. The van der Waals surface area contributed by atoms with Crippen molar-refractivity contribution in [3.8, 4) is 0 Å². The zero-order valence-electron chi connectivity index (χ0n) is 14.6. The number of hydrogen-bond donors (Lipinski definition) is 1. The summed E-state index contributed by atoms with van der Waals surface area (Å²) in [5.74, 6) is -1.22. The molecule has 0 saturated carbocycles. The van der Waals surface area contributed by atoms with Gasteiger partial charge in [0.15, 0.2) is 0 Å². The van der Waals surface area contributed by atoms with Gasteiger partial charge in [-0.3, -0.25) is 29.4 Å². The standard InChI is InChI=1S/C18H17N3O6/c1-11(22)19-5-7-27-8-6-20-17(23)14-4-2-3-12-9-13(21(25)26)10-15(16(12)14)18(20)24/h2-4,9-10H,5-8H2,1H3,(H,19,22). The van der Waals surface area contributed by atoms with E-state index in [1.807, 2.05) is 0 Å². The first-order chi connectivity index (χ1) is 12.9. The Labute approximate surface area is 154 Å². The van der Waals surface area contributed by atoms with E-state index >= 15 is 0 Å². The maximum absolute atomic E-state index is 12.8. The maximum atomic E-state index is 12.8. The molecule has 0 fully saturated rings. The van der Waals surface area contributed by atoms with Crippen molar-refractivity contribution in [1.82, 2.24) is 10.2 Å². The Morgan fingerprint density at radius 1 is 1.19 bits per heavy atom. The van der Waals surface area contributed by atoms with Crippen LogP contribution in [0.5, 0.6) is 0 Å². The fraction of sp³-hybridized carbons (Fsp3) is 0.278. The highest BCUT2D eigenvalue weighted by atomic mass is 16.6. The molecule has 2 aromatic carbocycles. The van der Waals surface area contributed by atoms with Gasteiger partial charge in [-0.05, 0) is 11.5 Å². The first-order valence-corrected chi connectivity index (χ1v) is 8.29. The van der Waals surface area contributed by atoms with Crippen LogP contribution in [0.3, 0.4) is 0 Å². The molecule has 1 aliphatic heterocycles. The highest BCUT2D eigenvalue weighted by Crippen LogP contribution is 2.33. The quantitative estimate of drug-likeness (QED) is 0.341. The van der Waals surface area contributed by atoms with E-state index in [4.69, 9.17) is 4.74 Å². The molecule has 1 aliphatic rings. The Kier molecular flexibility index (Phi) is 5.13. The predicted octanol–water partition coefficient (Wildman–Crippen LogP) is 1.50. The number of carbonyl (C=O) groups is 3. The van der Waals surface area contributed by atoms with Gasteiger partial charge in [-0.25, -0.2) is 0 Å². The number of ether oxygens (including phenoxy) is 1. The van der Waals surface area contributed by atoms with Crippen molar-refractivity contribution >= 4 is 34.2 Å². The molecule has 1 N–H and O–H groups in total. The summed E-state index contributed by atoms with van der Waals surface area (Å²) in [4.78, 5) is 47.9. The molecule has 0 radical (unpaired) electrons. The first kappa shape index (κ1) is 18.5. The minimum atomic E-state index is -0.585. The largest absolute Gasteiger partial charge is 0.378 e. The van der Waals surface area contributed by atoms with Gasteiger partial charge >= 0.3 is 0 Å². The lowest BCUT2D eigenvalue weighted by molar-refractivity contribution is -0.384. The van der Waals surface area contributed by atoms with Gasteiger partial charge in [-0.2, -0.15) is 0 Å². The number of imide groups is 1. The number of nitro benzene ring substituents is 1. The fourth-order valence-electron chi connectivity index (χ4n) is 3.01. The second kappa shape index (κ2) is 7.50. The summed E-state index contributed by atoms with van der Waals surface area (Å²) >= 11 is 0. The second-order valence-corrected chi connectivity index (χ2v) is 6.01. The predicted molar refractivity (Wildman–Crippen MR) is 95.5 cm³/mol. The van der Waals surface area contributed by atoms with Crippen molar-refractivity contribution in [2.24, 2.45) is 0 Å². The number of nitro groups is 1. The van der Waals surface area contributed by atoms with Crippen LogP contribution in [0.2, 0.25) is 0 Å². The second-order valence-electron chi connectivity index (χ2n) is 6.01. The van der Waals surface area contributed by atoms with Crippen LogP contribution < -0.4 is 5.32 Å². The van der Waals surface area contributed by atoms with E-state index in [1.54, 1.807) is 18.2 Å². The third-order valence-electron chi connectivity index (χ3n) is 4.20. The van der Waals surface area contributed by atoms with Crippen LogP contribution in [-0.4, -0.2) is 53.8 Å². The maximum Gasteiger partial charge on any atom is 0.270 e. The van der Waals surface area contributed by atoms with Crippen LogP contribution in [0, 0.1) is 10.1 Å². The average Bonchev–Trinajstić information content (AvgIpc) is 2.63. The topological polar surface area (TPSA) is 119 Å². The summed E-state index contributed by atoms with van der Waals surface area (Å²) in [6.07, 6.45) is 0. The summed E-state index contributed by atoms with van der Waals surface area (Å²) in [6.45, 7) is 2.06. The van der Waals surface area contributed by atoms with Crippen LogP contribution in [-0.2, 0) is 9.53 Å². The van der Waals surface area contributed by atoms with E-state index in [0.29, 0.717) is 22.9 Å². The number of hydrogen-bond acceptors (Lipinski definition) is 6. The number of nitrogens with zero attached hydrogens (tertiary/aromatic N) is 2. The Bertz CT molecular complexity index is 956. The van der Waals surface area contributed by atoms with Crippen molar-refractivity contribution in [2.45, 2.75) is 6.92 Å². The molecule has 9 nitrogen and oxygen atoms in total. The minimum absolute atomic E-state index is 0.0102. The van der Waals surface area contributed by atoms with Crippen LogP contribution in [0.15, 0.2) is 30.3 Å². The number of carbonyl (C=O) groups excluding carboxylic acids is 3. The minimum Gasteiger partial charge on any atom is -0.378 e. The Balaban J connectivity index is 1.81. The summed E-state index contributed by atoms with van der Waals surface area (Å²) in [5.41, 5.74) is 0.256. The van der Waals surface area contributed by atoms with E-state index in [9.17, 15) is 24.5 Å². The normalized spacial score (nSPS) is 13.1. The monoisotopic (exact) mass is 371 g/mol. The SMILES string of the molecule is CC(=O)NCCOCCN1C(=O)c2cccc3cc([N+](=O)[O-])cc(c23)C1=O. The molecule has 0 atom stereocenters. The number of benzene rings is 2. The Hall–Kier alpha value is -3.33. The van der Waals surface area contributed by atoms with Gasteiger partial charge in [-0.1, -0.05) is 12.1 Å².